The van der Waals surface area contributed by atoms with Crippen LogP contribution in [0.15, 0.2) is 82.5 Å². The number of nitrogens with zero attached hydrogens (tertiary/aromatic N) is 2. The molecule has 234 valence electrons. The maximum Gasteiger partial charge on any atom is 0.430 e. The van der Waals surface area contributed by atoms with Crippen molar-refractivity contribution in [2.24, 2.45) is 0 Å². The number of aliphatic hydroxyl groups excluding tert-OH is 1. The third-order valence-electron chi connectivity index (χ3n) is 8.03. The number of aromatic nitrogens is 2. The summed E-state index contributed by atoms with van der Waals surface area (Å²) >= 11 is 0. The molecular weight excluding hydrogens is 592 g/mol. The van der Waals surface area contributed by atoms with E-state index in [1.54, 1.807) is 43.3 Å². The van der Waals surface area contributed by atoms with Gasteiger partial charge < -0.3 is 24.4 Å². The topological polar surface area (TPSA) is 154 Å². The van der Waals surface area contributed by atoms with Crippen molar-refractivity contribution in [2.45, 2.75) is 63.9 Å². The number of aryl methyl sites for hydroxylation is 1. The summed E-state index contributed by atoms with van der Waals surface area (Å²) < 4.78 is 42.7. The van der Waals surface area contributed by atoms with Gasteiger partial charge in [-0.25, -0.2) is 13.8 Å². The summed E-state index contributed by atoms with van der Waals surface area (Å²) in [4.78, 5) is 47.4. The van der Waals surface area contributed by atoms with Crippen molar-refractivity contribution < 1.29 is 33.3 Å². The van der Waals surface area contributed by atoms with Crippen molar-refractivity contribution in [3.63, 3.8) is 0 Å². The van der Waals surface area contributed by atoms with Crippen molar-refractivity contribution in [1.29, 1.82) is 0 Å². The van der Waals surface area contributed by atoms with Gasteiger partial charge in [0.05, 0.1) is 31.0 Å². The molecule has 3 aromatic carbocycles. The van der Waals surface area contributed by atoms with Crippen LogP contribution in [0.4, 0.5) is 10.1 Å². The summed E-state index contributed by atoms with van der Waals surface area (Å²) in [5, 5.41) is 12.3. The molecule has 5 atom stereocenters. The number of benzene rings is 3. The highest BCUT2D eigenvalue weighted by Gasteiger charge is 2.55. The van der Waals surface area contributed by atoms with Gasteiger partial charge in [0.2, 0.25) is 0 Å². The molecule has 0 amide bonds. The van der Waals surface area contributed by atoms with Crippen LogP contribution in [-0.4, -0.2) is 55.0 Å². The quantitative estimate of drug-likeness (QED) is 0.193. The summed E-state index contributed by atoms with van der Waals surface area (Å²) in [7, 11) is -4.97. The molecule has 1 aromatic heterocycles. The Balaban J connectivity index is 1.50. The Morgan fingerprint density at radius 1 is 1.09 bits per heavy atom. The number of H-pyrrole nitrogens is 1. The Morgan fingerprint density at radius 2 is 1.80 bits per heavy atom. The average molecular weight is 628 g/mol. The number of anilines is 1. The van der Waals surface area contributed by atoms with E-state index in [2.05, 4.69) is 4.98 Å². The zero-order valence-electron chi connectivity index (χ0n) is 24.5. The highest BCUT2D eigenvalue weighted by atomic mass is 31.2. The van der Waals surface area contributed by atoms with Crippen LogP contribution in [0.3, 0.4) is 0 Å². The second-order valence-corrected chi connectivity index (χ2v) is 12.7. The maximum atomic E-state index is 15.9. The fourth-order valence-electron chi connectivity index (χ4n) is 5.73. The fourth-order valence-corrected chi connectivity index (χ4v) is 6.81. The van der Waals surface area contributed by atoms with Gasteiger partial charge in [0.1, 0.15) is 6.10 Å². The minimum atomic E-state index is -4.97. The van der Waals surface area contributed by atoms with Crippen molar-refractivity contribution >= 4 is 24.2 Å². The average Bonchev–Trinajstić information content (AvgIpc) is 3.18. The van der Waals surface area contributed by atoms with Gasteiger partial charge >= 0.3 is 13.4 Å². The zero-order chi connectivity index (χ0) is 31.8. The number of aliphatic hydroxyl groups is 1. The molecule has 1 saturated heterocycles. The minimum absolute atomic E-state index is 0.0234. The first kappa shape index (κ1) is 31.8. The van der Waals surface area contributed by atoms with E-state index in [4.69, 9.17) is 9.47 Å². The molecule has 1 aliphatic rings. The molecule has 5 rings (SSSR count). The monoisotopic (exact) mass is 627 g/mol. The van der Waals surface area contributed by atoms with Crippen LogP contribution in [0.2, 0.25) is 0 Å². The lowest BCUT2D eigenvalue weighted by Crippen LogP contribution is -2.43. The predicted molar refractivity (Wildman–Crippen MR) is 163 cm³/mol. The molecule has 1 fully saturated rings. The number of halogens is 1. The Hall–Kier alpha value is -3.64. The molecule has 4 aromatic rings. The van der Waals surface area contributed by atoms with E-state index >= 15 is 4.39 Å². The van der Waals surface area contributed by atoms with Crippen LogP contribution in [0.1, 0.15) is 36.8 Å². The Bertz CT molecular complexity index is 1820. The number of hydrogen-bond donors (Lipinski definition) is 4. The standard InChI is InChI=1S/C31H35FN3O8P/c1-19-8-4-5-10-23(19)18-42-17-20(2)35(44(39,40)41)27-22(13-12-21-9-6-7-11-24(21)27)16-25-28(37)31(3,32)29(43-25)34-15-14-26(36)33-30(34)38/h4-15,20,25,28-29,37H,16-18H2,1-3H3,(H,33,36,38)(H2,39,40,41)/t20?,25-,28-,29-,31-/m1/s1. The third-order valence-corrected chi connectivity index (χ3v) is 9.19. The second kappa shape index (κ2) is 12.4. The highest BCUT2D eigenvalue weighted by molar-refractivity contribution is 7.53. The van der Waals surface area contributed by atoms with E-state index in [1.165, 1.54) is 0 Å². The molecule has 13 heteroatoms. The van der Waals surface area contributed by atoms with E-state index < -0.39 is 49.1 Å². The molecule has 0 bridgehead atoms. The third kappa shape index (κ3) is 6.28. The first-order valence-corrected chi connectivity index (χ1v) is 15.7. The lowest BCUT2D eigenvalue weighted by Gasteiger charge is -2.34. The van der Waals surface area contributed by atoms with Gasteiger partial charge in [0.15, 0.2) is 11.9 Å². The van der Waals surface area contributed by atoms with E-state index in [-0.39, 0.29) is 25.3 Å². The smallest absolute Gasteiger partial charge is 0.387 e. The minimum Gasteiger partial charge on any atom is -0.387 e. The van der Waals surface area contributed by atoms with Gasteiger partial charge in [0.25, 0.3) is 5.56 Å². The number of hydrogen-bond acceptors (Lipinski definition) is 6. The SMILES string of the molecule is Cc1ccccc1COCC(C)N(c1c(C[C@H]2O[C@@H](n3ccc(=O)[nH]c3=O)[C@](C)(F)[C@@H]2O)ccc2ccccc12)P(=O)(O)O. The maximum absolute atomic E-state index is 15.9. The molecular formula is C31H35FN3O8P. The van der Waals surface area contributed by atoms with E-state index in [9.17, 15) is 29.0 Å². The van der Waals surface area contributed by atoms with Crippen molar-refractivity contribution in [3.05, 3.63) is 110 Å². The number of nitrogens with one attached hydrogen (secondary N) is 1. The second-order valence-electron chi connectivity index (χ2n) is 11.3. The van der Waals surface area contributed by atoms with Crippen LogP contribution < -0.4 is 15.9 Å². The van der Waals surface area contributed by atoms with Gasteiger partial charge in [-0.15, -0.1) is 0 Å². The van der Waals surface area contributed by atoms with Crippen molar-refractivity contribution in [2.75, 3.05) is 11.3 Å². The number of aromatic amines is 1. The first-order chi connectivity index (χ1) is 20.8. The molecule has 11 nitrogen and oxygen atoms in total. The van der Waals surface area contributed by atoms with Crippen LogP contribution in [0.5, 0.6) is 0 Å². The van der Waals surface area contributed by atoms with Gasteiger partial charge in [-0.2, -0.15) is 0 Å². The summed E-state index contributed by atoms with van der Waals surface area (Å²) in [6, 6.07) is 18.4. The normalized spacial score (nSPS) is 22.8. The summed E-state index contributed by atoms with van der Waals surface area (Å²) in [6.07, 6.45) is -3.55. The van der Waals surface area contributed by atoms with Crippen LogP contribution in [0.25, 0.3) is 10.8 Å². The van der Waals surface area contributed by atoms with Gasteiger partial charge in [-0.05, 0) is 42.8 Å². The van der Waals surface area contributed by atoms with Crippen LogP contribution >= 0.6 is 7.75 Å². The number of ether oxygens (including phenoxy) is 2. The Kier molecular flexibility index (Phi) is 8.95. The zero-order valence-corrected chi connectivity index (χ0v) is 25.4. The Labute approximate surface area is 252 Å². The van der Waals surface area contributed by atoms with E-state index in [0.29, 0.717) is 16.3 Å². The molecule has 0 radical (unpaired) electrons. The highest BCUT2D eigenvalue weighted by Crippen LogP contribution is 2.50. The molecule has 1 unspecified atom stereocenters. The van der Waals surface area contributed by atoms with Crippen LogP contribution in [-0.2, 0) is 27.1 Å². The van der Waals surface area contributed by atoms with Gasteiger partial charge in [0, 0.05) is 24.1 Å². The van der Waals surface area contributed by atoms with Crippen molar-refractivity contribution in [1.82, 2.24) is 9.55 Å². The lowest BCUT2D eigenvalue weighted by atomic mass is 9.93. The largest absolute Gasteiger partial charge is 0.430 e. The number of alkyl halides is 1. The lowest BCUT2D eigenvalue weighted by molar-refractivity contribution is -0.0503. The Morgan fingerprint density at radius 3 is 2.50 bits per heavy atom. The first-order valence-electron chi connectivity index (χ1n) is 14.1. The van der Waals surface area contributed by atoms with E-state index in [1.807, 2.05) is 31.2 Å². The van der Waals surface area contributed by atoms with Crippen LogP contribution in [0, 0.1) is 6.92 Å². The molecule has 1 aliphatic heterocycles. The molecule has 0 spiro atoms. The number of rotatable bonds is 10. The summed E-state index contributed by atoms with van der Waals surface area (Å²) in [5.41, 5.74) is -1.46. The van der Waals surface area contributed by atoms with Crippen molar-refractivity contribution in [3.8, 4) is 0 Å². The summed E-state index contributed by atoms with van der Waals surface area (Å²) in [5.74, 6) is 0. The van der Waals surface area contributed by atoms with Gasteiger partial charge in [-0.3, -0.25) is 19.0 Å². The number of fused-ring (bicyclic) bond motifs is 1. The summed E-state index contributed by atoms with van der Waals surface area (Å²) in [6.45, 7) is 4.91. The fraction of sp³-hybridized carbons (Fsp3) is 0.355. The molecule has 2 heterocycles. The van der Waals surface area contributed by atoms with E-state index in [0.717, 1.165) is 39.6 Å². The molecule has 0 aliphatic carbocycles. The predicted octanol–water partition coefficient (Wildman–Crippen LogP) is 3.73. The van der Waals surface area contributed by atoms with Gasteiger partial charge in [-0.1, -0.05) is 60.7 Å². The molecule has 44 heavy (non-hydrogen) atoms. The molecule has 0 saturated carbocycles. The molecule has 4 N–H and O–H groups in total.